The van der Waals surface area contributed by atoms with Crippen LogP contribution >= 0.6 is 0 Å². The molecule has 0 amide bonds. The van der Waals surface area contributed by atoms with Gasteiger partial charge in [-0.25, -0.2) is 4.98 Å². The molecule has 0 unspecified atom stereocenters. The number of anilines is 2. The highest BCUT2D eigenvalue weighted by Crippen LogP contribution is 2.37. The van der Waals surface area contributed by atoms with Crippen LogP contribution in [0.15, 0.2) is 0 Å². The molecule has 116 valence electrons. The van der Waals surface area contributed by atoms with Crippen LogP contribution in [0.2, 0.25) is 0 Å². The third-order valence-electron chi connectivity index (χ3n) is 4.14. The second-order valence-electron chi connectivity index (χ2n) is 6.42. The molecule has 1 saturated carbocycles. The van der Waals surface area contributed by atoms with E-state index in [1.807, 2.05) is 0 Å². The van der Waals surface area contributed by atoms with E-state index in [2.05, 4.69) is 34.4 Å². The van der Waals surface area contributed by atoms with Crippen molar-refractivity contribution >= 4 is 17.5 Å². The summed E-state index contributed by atoms with van der Waals surface area (Å²) in [7, 11) is 1.70. The SMILES string of the molecule is CNc1nc(C)c([N+](=O)[O-])c(NC2CCC(C)(C)CC2)n1. The number of aryl methyl sites for hydroxylation is 1. The lowest BCUT2D eigenvalue weighted by Gasteiger charge is -2.34. The van der Waals surface area contributed by atoms with E-state index in [1.165, 1.54) is 0 Å². The third-order valence-corrected chi connectivity index (χ3v) is 4.14. The van der Waals surface area contributed by atoms with Crippen LogP contribution in [-0.4, -0.2) is 28.0 Å². The summed E-state index contributed by atoms with van der Waals surface area (Å²) in [6, 6.07) is 0.232. The average molecular weight is 293 g/mol. The Hall–Kier alpha value is -1.92. The minimum Gasteiger partial charge on any atom is -0.361 e. The van der Waals surface area contributed by atoms with Crippen molar-refractivity contribution in [3.05, 3.63) is 15.8 Å². The second kappa shape index (κ2) is 5.83. The molecule has 0 spiro atoms. The standard InChI is InChI=1S/C14H23N5O2/c1-9-11(19(20)21)12(18-13(15-4)16-9)17-10-5-7-14(2,3)8-6-10/h10H,5-8H2,1-4H3,(H2,15,16,17,18). The highest BCUT2D eigenvalue weighted by atomic mass is 16.6. The van der Waals surface area contributed by atoms with Gasteiger partial charge in [-0.3, -0.25) is 10.1 Å². The van der Waals surface area contributed by atoms with Gasteiger partial charge in [0.15, 0.2) is 0 Å². The quantitative estimate of drug-likeness (QED) is 0.654. The molecular formula is C14H23N5O2. The molecule has 0 bridgehead atoms. The largest absolute Gasteiger partial charge is 0.361 e. The lowest BCUT2D eigenvalue weighted by Crippen LogP contribution is -2.30. The van der Waals surface area contributed by atoms with E-state index in [0.717, 1.165) is 25.7 Å². The summed E-state index contributed by atoms with van der Waals surface area (Å²) in [5.74, 6) is 0.721. The van der Waals surface area contributed by atoms with Crippen LogP contribution in [0.3, 0.4) is 0 Å². The summed E-state index contributed by atoms with van der Waals surface area (Å²) in [5.41, 5.74) is 0.707. The Balaban J connectivity index is 2.22. The summed E-state index contributed by atoms with van der Waals surface area (Å²) in [6.45, 7) is 6.16. The zero-order chi connectivity index (χ0) is 15.6. The predicted octanol–water partition coefficient (Wildman–Crippen LogP) is 3.12. The molecule has 0 aliphatic heterocycles. The van der Waals surface area contributed by atoms with E-state index < -0.39 is 4.92 Å². The van der Waals surface area contributed by atoms with Crippen molar-refractivity contribution in [3.63, 3.8) is 0 Å². The first-order valence-electron chi connectivity index (χ1n) is 7.30. The fraction of sp³-hybridized carbons (Fsp3) is 0.714. The van der Waals surface area contributed by atoms with Crippen LogP contribution in [0.1, 0.15) is 45.2 Å². The average Bonchev–Trinajstić information content (AvgIpc) is 2.40. The van der Waals surface area contributed by atoms with Crippen LogP contribution in [-0.2, 0) is 0 Å². The molecule has 1 aromatic heterocycles. The summed E-state index contributed by atoms with van der Waals surface area (Å²) in [4.78, 5) is 19.2. The smallest absolute Gasteiger partial charge is 0.332 e. The van der Waals surface area contributed by atoms with Gasteiger partial charge >= 0.3 is 5.69 Å². The maximum atomic E-state index is 11.3. The fourth-order valence-electron chi connectivity index (χ4n) is 2.73. The molecule has 2 N–H and O–H groups in total. The molecule has 0 atom stereocenters. The Bertz CT molecular complexity index is 534. The van der Waals surface area contributed by atoms with Crippen molar-refractivity contribution in [1.29, 1.82) is 0 Å². The van der Waals surface area contributed by atoms with Crippen molar-refractivity contribution < 1.29 is 4.92 Å². The normalized spacial score (nSPS) is 18.3. The number of hydrogen-bond acceptors (Lipinski definition) is 6. The predicted molar refractivity (Wildman–Crippen MR) is 82.6 cm³/mol. The van der Waals surface area contributed by atoms with Gasteiger partial charge in [0.25, 0.3) is 0 Å². The molecule has 7 nitrogen and oxygen atoms in total. The van der Waals surface area contributed by atoms with Gasteiger partial charge < -0.3 is 10.6 Å². The summed E-state index contributed by atoms with van der Waals surface area (Å²) in [6.07, 6.45) is 4.23. The summed E-state index contributed by atoms with van der Waals surface area (Å²) < 4.78 is 0. The zero-order valence-electron chi connectivity index (χ0n) is 13.1. The lowest BCUT2D eigenvalue weighted by molar-refractivity contribution is -0.385. The Morgan fingerprint density at radius 3 is 2.43 bits per heavy atom. The summed E-state index contributed by atoms with van der Waals surface area (Å²) >= 11 is 0. The number of hydrogen-bond donors (Lipinski definition) is 2. The first kappa shape index (κ1) is 15.5. The van der Waals surface area contributed by atoms with Gasteiger partial charge in [-0.15, -0.1) is 0 Å². The number of aromatic nitrogens is 2. The number of nitrogens with zero attached hydrogens (tertiary/aromatic N) is 3. The van der Waals surface area contributed by atoms with Gasteiger partial charge in [0, 0.05) is 13.1 Å². The van der Waals surface area contributed by atoms with E-state index >= 15 is 0 Å². The van der Waals surface area contributed by atoms with Crippen LogP contribution in [0.5, 0.6) is 0 Å². The monoisotopic (exact) mass is 293 g/mol. The Morgan fingerprint density at radius 1 is 1.29 bits per heavy atom. The van der Waals surface area contributed by atoms with Crippen LogP contribution in [0.25, 0.3) is 0 Å². The van der Waals surface area contributed by atoms with Gasteiger partial charge in [-0.2, -0.15) is 4.98 Å². The molecule has 1 heterocycles. The van der Waals surface area contributed by atoms with Gasteiger partial charge in [0.2, 0.25) is 11.8 Å². The van der Waals surface area contributed by atoms with Gasteiger partial charge in [0.05, 0.1) is 4.92 Å². The Labute approximate surface area is 124 Å². The topological polar surface area (TPSA) is 93.0 Å². The maximum Gasteiger partial charge on any atom is 0.332 e. The van der Waals surface area contributed by atoms with Crippen molar-refractivity contribution in [2.24, 2.45) is 5.41 Å². The molecule has 0 saturated heterocycles. The third kappa shape index (κ3) is 3.59. The molecule has 7 heteroatoms. The van der Waals surface area contributed by atoms with E-state index in [9.17, 15) is 10.1 Å². The van der Waals surface area contributed by atoms with Gasteiger partial charge in [-0.05, 0) is 38.0 Å². The molecular weight excluding hydrogens is 270 g/mol. The molecule has 1 aromatic rings. The molecule has 1 aliphatic rings. The van der Waals surface area contributed by atoms with Crippen LogP contribution in [0, 0.1) is 22.5 Å². The van der Waals surface area contributed by atoms with Gasteiger partial charge in [0.1, 0.15) is 5.69 Å². The van der Waals surface area contributed by atoms with Crippen molar-refractivity contribution in [3.8, 4) is 0 Å². The zero-order valence-corrected chi connectivity index (χ0v) is 13.1. The minimum atomic E-state index is -0.413. The molecule has 1 aliphatic carbocycles. The van der Waals surface area contributed by atoms with Crippen LogP contribution < -0.4 is 10.6 Å². The van der Waals surface area contributed by atoms with E-state index in [1.54, 1.807) is 14.0 Å². The van der Waals surface area contributed by atoms with Crippen molar-refractivity contribution in [2.75, 3.05) is 17.7 Å². The Morgan fingerprint density at radius 2 is 1.90 bits per heavy atom. The minimum absolute atomic E-state index is 0.0289. The molecule has 1 fully saturated rings. The van der Waals surface area contributed by atoms with E-state index in [-0.39, 0.29) is 11.7 Å². The Kier molecular flexibility index (Phi) is 4.29. The van der Waals surface area contributed by atoms with Crippen molar-refractivity contribution in [1.82, 2.24) is 9.97 Å². The molecule has 21 heavy (non-hydrogen) atoms. The number of nitro groups is 1. The fourth-order valence-corrected chi connectivity index (χ4v) is 2.73. The summed E-state index contributed by atoms with van der Waals surface area (Å²) in [5, 5.41) is 17.3. The molecule has 0 aromatic carbocycles. The highest BCUT2D eigenvalue weighted by molar-refractivity contribution is 5.61. The maximum absolute atomic E-state index is 11.3. The molecule has 2 rings (SSSR count). The highest BCUT2D eigenvalue weighted by Gasteiger charge is 2.29. The van der Waals surface area contributed by atoms with Gasteiger partial charge in [-0.1, -0.05) is 13.8 Å². The van der Waals surface area contributed by atoms with Crippen molar-refractivity contribution in [2.45, 2.75) is 52.5 Å². The second-order valence-corrected chi connectivity index (χ2v) is 6.42. The van der Waals surface area contributed by atoms with E-state index in [4.69, 9.17) is 0 Å². The lowest BCUT2D eigenvalue weighted by atomic mass is 9.75. The number of nitrogens with one attached hydrogen (secondary N) is 2. The number of rotatable bonds is 4. The molecule has 0 radical (unpaired) electrons. The first-order chi connectivity index (χ1) is 9.82. The first-order valence-corrected chi connectivity index (χ1v) is 7.30. The van der Waals surface area contributed by atoms with Crippen LogP contribution in [0.4, 0.5) is 17.5 Å². The van der Waals surface area contributed by atoms with E-state index in [0.29, 0.717) is 22.9 Å².